The van der Waals surface area contributed by atoms with E-state index in [1.54, 1.807) is 6.07 Å². The van der Waals surface area contributed by atoms with Crippen LogP contribution in [0.2, 0.25) is 0 Å². The van der Waals surface area contributed by atoms with Crippen LogP contribution in [0.3, 0.4) is 0 Å². The first-order chi connectivity index (χ1) is 9.06. The number of halogens is 3. The lowest BCUT2D eigenvalue weighted by Gasteiger charge is -2.16. The normalized spacial score (nSPS) is 12.6. The zero-order valence-corrected chi connectivity index (χ0v) is 16.0. The van der Waals surface area contributed by atoms with E-state index in [0.29, 0.717) is 12.6 Å². The molecule has 1 rings (SSSR count). The quantitative estimate of drug-likeness (QED) is 0.397. The van der Waals surface area contributed by atoms with Crippen molar-refractivity contribution in [1.29, 1.82) is 0 Å². The summed E-state index contributed by atoms with van der Waals surface area (Å²) in [5, 5.41) is 6.48. The summed E-state index contributed by atoms with van der Waals surface area (Å²) in [5.74, 6) is 0.515. The summed E-state index contributed by atoms with van der Waals surface area (Å²) in [4.78, 5) is 4.47. The van der Waals surface area contributed by atoms with E-state index in [1.807, 2.05) is 6.92 Å². The third-order valence-electron chi connectivity index (χ3n) is 2.75. The Bertz CT molecular complexity index is 440. The molecule has 0 bridgehead atoms. The minimum Gasteiger partial charge on any atom is -0.357 e. The molecule has 3 nitrogen and oxygen atoms in total. The van der Waals surface area contributed by atoms with Gasteiger partial charge in [0, 0.05) is 17.1 Å². The SMILES string of the molecule is CCNC(=NCc1cc(F)ccc1Br)NC(C)CC.I. The summed E-state index contributed by atoms with van der Waals surface area (Å²) >= 11 is 3.41. The number of aliphatic imine (C=N–C) groups is 1. The molecule has 0 aromatic heterocycles. The molecule has 0 saturated heterocycles. The molecule has 20 heavy (non-hydrogen) atoms. The van der Waals surface area contributed by atoms with Gasteiger partial charge in [-0.15, -0.1) is 24.0 Å². The second kappa shape index (κ2) is 10.4. The predicted molar refractivity (Wildman–Crippen MR) is 97.2 cm³/mol. The fourth-order valence-electron chi connectivity index (χ4n) is 1.48. The number of nitrogens with one attached hydrogen (secondary N) is 2. The van der Waals surface area contributed by atoms with Crippen molar-refractivity contribution in [2.24, 2.45) is 4.99 Å². The van der Waals surface area contributed by atoms with Crippen molar-refractivity contribution in [3.8, 4) is 0 Å². The van der Waals surface area contributed by atoms with E-state index in [2.05, 4.69) is 45.4 Å². The van der Waals surface area contributed by atoms with E-state index in [0.717, 1.165) is 29.0 Å². The van der Waals surface area contributed by atoms with Crippen LogP contribution < -0.4 is 10.6 Å². The highest BCUT2D eigenvalue weighted by Gasteiger charge is 2.04. The Balaban J connectivity index is 0.00000361. The standard InChI is InChI=1S/C14H21BrFN3.HI/c1-4-10(3)19-14(17-5-2)18-9-11-8-12(16)6-7-13(11)15;/h6-8,10H,4-5,9H2,1-3H3,(H2,17,18,19);1H. The maximum absolute atomic E-state index is 13.2. The third kappa shape index (κ3) is 6.88. The van der Waals surface area contributed by atoms with E-state index >= 15 is 0 Å². The molecular formula is C14H22BrFIN3. The van der Waals surface area contributed by atoms with Crippen molar-refractivity contribution in [1.82, 2.24) is 10.6 Å². The molecule has 1 atom stereocenters. The topological polar surface area (TPSA) is 36.4 Å². The smallest absolute Gasteiger partial charge is 0.191 e. The van der Waals surface area contributed by atoms with Crippen LogP contribution in [0.25, 0.3) is 0 Å². The molecule has 0 aliphatic rings. The second-order valence-corrected chi connectivity index (χ2v) is 5.24. The molecule has 6 heteroatoms. The molecule has 0 aliphatic carbocycles. The number of hydrogen-bond donors (Lipinski definition) is 2. The van der Waals surface area contributed by atoms with E-state index in [4.69, 9.17) is 0 Å². The number of hydrogen-bond acceptors (Lipinski definition) is 1. The van der Waals surface area contributed by atoms with Gasteiger partial charge in [0.25, 0.3) is 0 Å². The molecular weight excluding hydrogens is 436 g/mol. The number of rotatable bonds is 5. The van der Waals surface area contributed by atoms with Gasteiger partial charge in [0.05, 0.1) is 6.54 Å². The summed E-state index contributed by atoms with van der Waals surface area (Å²) in [6.45, 7) is 7.47. The van der Waals surface area contributed by atoms with Crippen molar-refractivity contribution in [2.75, 3.05) is 6.54 Å². The van der Waals surface area contributed by atoms with E-state index in [9.17, 15) is 4.39 Å². The fraction of sp³-hybridized carbons (Fsp3) is 0.500. The molecule has 0 aliphatic heterocycles. The first-order valence-electron chi connectivity index (χ1n) is 6.55. The van der Waals surface area contributed by atoms with Crippen molar-refractivity contribution in [3.63, 3.8) is 0 Å². The molecule has 0 spiro atoms. The minimum atomic E-state index is -0.242. The van der Waals surface area contributed by atoms with Gasteiger partial charge in [-0.1, -0.05) is 22.9 Å². The Hall–Kier alpha value is -0.370. The first kappa shape index (κ1) is 19.6. The second-order valence-electron chi connectivity index (χ2n) is 4.38. The highest BCUT2D eigenvalue weighted by atomic mass is 127. The summed E-state index contributed by atoms with van der Waals surface area (Å²) in [7, 11) is 0. The van der Waals surface area contributed by atoms with Gasteiger partial charge in [0.15, 0.2) is 5.96 Å². The molecule has 1 aromatic rings. The number of nitrogens with zero attached hydrogens (tertiary/aromatic N) is 1. The van der Waals surface area contributed by atoms with Crippen LogP contribution in [0, 0.1) is 5.82 Å². The Kier molecular flexibility index (Phi) is 10.2. The van der Waals surface area contributed by atoms with Gasteiger partial charge in [-0.25, -0.2) is 9.38 Å². The summed E-state index contributed by atoms with van der Waals surface area (Å²) in [6, 6.07) is 4.99. The number of benzene rings is 1. The van der Waals surface area contributed by atoms with Crippen LogP contribution >= 0.6 is 39.9 Å². The molecule has 0 fully saturated rings. The average Bonchev–Trinajstić information content (AvgIpc) is 2.39. The largest absolute Gasteiger partial charge is 0.357 e. The van der Waals surface area contributed by atoms with E-state index in [1.165, 1.54) is 12.1 Å². The minimum absolute atomic E-state index is 0. The summed E-state index contributed by atoms with van der Waals surface area (Å²) < 4.78 is 14.1. The van der Waals surface area contributed by atoms with E-state index < -0.39 is 0 Å². The van der Waals surface area contributed by atoms with Crippen LogP contribution in [0.5, 0.6) is 0 Å². The molecule has 0 saturated carbocycles. The Labute approximate surface area is 146 Å². The highest BCUT2D eigenvalue weighted by Crippen LogP contribution is 2.18. The first-order valence-corrected chi connectivity index (χ1v) is 7.34. The molecule has 1 unspecified atom stereocenters. The predicted octanol–water partition coefficient (Wildman–Crippen LogP) is 4.06. The lowest BCUT2D eigenvalue weighted by Crippen LogP contribution is -2.41. The van der Waals surface area contributed by atoms with Gasteiger partial charge in [-0.2, -0.15) is 0 Å². The molecule has 0 radical (unpaired) electrons. The van der Waals surface area contributed by atoms with Crippen molar-refractivity contribution < 1.29 is 4.39 Å². The average molecular weight is 458 g/mol. The molecule has 1 aromatic carbocycles. The van der Waals surface area contributed by atoms with Gasteiger partial charge in [0.1, 0.15) is 5.82 Å². The van der Waals surface area contributed by atoms with Crippen molar-refractivity contribution >= 4 is 45.9 Å². The van der Waals surface area contributed by atoms with Crippen LogP contribution in [0.1, 0.15) is 32.8 Å². The number of guanidine groups is 1. The zero-order chi connectivity index (χ0) is 14.3. The Morgan fingerprint density at radius 2 is 2.10 bits per heavy atom. The fourth-order valence-corrected chi connectivity index (χ4v) is 1.86. The van der Waals surface area contributed by atoms with Gasteiger partial charge >= 0.3 is 0 Å². The summed E-state index contributed by atoms with van der Waals surface area (Å²) in [5.41, 5.74) is 0.835. The van der Waals surface area contributed by atoms with Crippen LogP contribution in [0.15, 0.2) is 27.7 Å². The maximum Gasteiger partial charge on any atom is 0.191 e. The van der Waals surface area contributed by atoms with Crippen LogP contribution in [-0.2, 0) is 6.54 Å². The van der Waals surface area contributed by atoms with Crippen LogP contribution in [0.4, 0.5) is 4.39 Å². The van der Waals surface area contributed by atoms with Gasteiger partial charge in [0.2, 0.25) is 0 Å². The maximum atomic E-state index is 13.2. The molecule has 0 heterocycles. The monoisotopic (exact) mass is 457 g/mol. The van der Waals surface area contributed by atoms with Gasteiger partial charge < -0.3 is 10.6 Å². The van der Waals surface area contributed by atoms with Gasteiger partial charge in [-0.05, 0) is 44.0 Å². The van der Waals surface area contributed by atoms with E-state index in [-0.39, 0.29) is 29.8 Å². The lowest BCUT2D eigenvalue weighted by atomic mass is 10.2. The molecule has 114 valence electrons. The Morgan fingerprint density at radius 1 is 1.40 bits per heavy atom. The molecule has 0 amide bonds. The van der Waals surface area contributed by atoms with Gasteiger partial charge in [-0.3, -0.25) is 0 Å². The third-order valence-corrected chi connectivity index (χ3v) is 3.53. The Morgan fingerprint density at radius 3 is 2.70 bits per heavy atom. The van der Waals surface area contributed by atoms with Crippen molar-refractivity contribution in [2.45, 2.75) is 39.8 Å². The van der Waals surface area contributed by atoms with Crippen molar-refractivity contribution in [3.05, 3.63) is 34.1 Å². The lowest BCUT2D eigenvalue weighted by molar-refractivity contribution is 0.621. The molecule has 2 N–H and O–H groups in total. The zero-order valence-electron chi connectivity index (χ0n) is 12.0. The van der Waals surface area contributed by atoms with Crippen LogP contribution in [-0.4, -0.2) is 18.5 Å². The highest BCUT2D eigenvalue weighted by molar-refractivity contribution is 14.0. The summed E-state index contributed by atoms with van der Waals surface area (Å²) in [6.07, 6.45) is 1.02.